The Labute approximate surface area is 161 Å². The van der Waals surface area contributed by atoms with Gasteiger partial charge in [-0.05, 0) is 48.5 Å². The van der Waals surface area contributed by atoms with Crippen molar-refractivity contribution in [1.29, 1.82) is 0 Å². The van der Waals surface area contributed by atoms with Gasteiger partial charge in [0.15, 0.2) is 5.78 Å². The number of hydrogen-bond acceptors (Lipinski definition) is 5. The summed E-state index contributed by atoms with van der Waals surface area (Å²) in [5, 5.41) is 11.4. The van der Waals surface area contributed by atoms with Crippen molar-refractivity contribution >= 4 is 17.5 Å². The fourth-order valence-corrected chi connectivity index (χ4v) is 3.53. The zero-order valence-corrected chi connectivity index (χ0v) is 15.7. The van der Waals surface area contributed by atoms with Crippen molar-refractivity contribution in [3.05, 3.63) is 53.1 Å². The first-order valence-corrected chi connectivity index (χ1v) is 9.08. The number of rotatable bonds is 6. The molecule has 148 valence electrons. The molecule has 2 aromatic heterocycles. The van der Waals surface area contributed by atoms with Gasteiger partial charge in [-0.2, -0.15) is 17.9 Å². The van der Waals surface area contributed by atoms with E-state index in [0.717, 1.165) is 16.3 Å². The van der Waals surface area contributed by atoms with Crippen LogP contribution in [0.5, 0.6) is 0 Å². The number of tetrazole rings is 1. The molecule has 0 amide bonds. The maximum Gasteiger partial charge on any atom is 0.406 e. The highest BCUT2D eigenvalue weighted by Gasteiger charge is 2.30. The van der Waals surface area contributed by atoms with Crippen molar-refractivity contribution in [2.24, 2.45) is 0 Å². The first-order chi connectivity index (χ1) is 13.2. The van der Waals surface area contributed by atoms with Crippen LogP contribution in [0.15, 0.2) is 35.5 Å². The summed E-state index contributed by atoms with van der Waals surface area (Å²) < 4.78 is 53.9. The molecule has 0 bridgehead atoms. The number of benzene rings is 1. The lowest BCUT2D eigenvalue weighted by molar-refractivity contribution is -0.141. The number of halogens is 4. The Hall–Kier alpha value is -2.69. The molecule has 0 aliphatic carbocycles. The lowest BCUT2D eigenvalue weighted by Gasteiger charge is -2.12. The molecule has 3 rings (SSSR count). The molecule has 11 heteroatoms. The van der Waals surface area contributed by atoms with Gasteiger partial charge in [0.2, 0.25) is 5.16 Å². The van der Waals surface area contributed by atoms with Crippen LogP contribution >= 0.6 is 11.8 Å². The van der Waals surface area contributed by atoms with Gasteiger partial charge < -0.3 is 4.57 Å². The third-order valence-electron chi connectivity index (χ3n) is 4.04. The predicted molar refractivity (Wildman–Crippen MR) is 94.1 cm³/mol. The molecule has 0 saturated carbocycles. The van der Waals surface area contributed by atoms with Crippen molar-refractivity contribution < 1.29 is 22.4 Å². The van der Waals surface area contributed by atoms with E-state index in [1.165, 1.54) is 42.8 Å². The Morgan fingerprint density at radius 1 is 1.21 bits per heavy atom. The van der Waals surface area contributed by atoms with Crippen LogP contribution in [0.2, 0.25) is 0 Å². The van der Waals surface area contributed by atoms with E-state index in [2.05, 4.69) is 15.5 Å². The Kier molecular flexibility index (Phi) is 5.54. The van der Waals surface area contributed by atoms with Crippen molar-refractivity contribution in [3.8, 4) is 5.69 Å². The number of carbonyl (C=O) groups excluding carboxylic acids is 1. The largest absolute Gasteiger partial charge is 0.406 e. The van der Waals surface area contributed by atoms with Gasteiger partial charge in [0.05, 0.1) is 11.4 Å². The van der Waals surface area contributed by atoms with Crippen LogP contribution in [0, 0.1) is 19.7 Å². The van der Waals surface area contributed by atoms with E-state index in [9.17, 15) is 22.4 Å². The molecule has 0 aliphatic rings. The minimum atomic E-state index is -4.38. The topological polar surface area (TPSA) is 65.6 Å². The average Bonchev–Trinajstić information content (AvgIpc) is 3.18. The number of hydrogen-bond donors (Lipinski definition) is 0. The first-order valence-electron chi connectivity index (χ1n) is 8.09. The second-order valence-corrected chi connectivity index (χ2v) is 6.99. The van der Waals surface area contributed by atoms with E-state index in [-0.39, 0.29) is 27.9 Å². The van der Waals surface area contributed by atoms with Gasteiger partial charge in [-0.1, -0.05) is 17.8 Å². The summed E-state index contributed by atoms with van der Waals surface area (Å²) in [5.74, 6) is -0.885. The van der Waals surface area contributed by atoms with E-state index in [1.54, 1.807) is 6.07 Å². The van der Waals surface area contributed by atoms with Crippen LogP contribution in [0.3, 0.4) is 0 Å². The van der Waals surface area contributed by atoms with E-state index < -0.39 is 18.5 Å². The van der Waals surface area contributed by atoms with Gasteiger partial charge in [-0.15, -0.1) is 5.10 Å². The Bertz CT molecular complexity index is 1010. The van der Waals surface area contributed by atoms with Crippen LogP contribution in [0.4, 0.5) is 17.6 Å². The third kappa shape index (κ3) is 4.41. The van der Waals surface area contributed by atoms with Gasteiger partial charge in [-0.25, -0.2) is 4.39 Å². The third-order valence-corrected chi connectivity index (χ3v) is 4.96. The molecule has 3 aromatic rings. The van der Waals surface area contributed by atoms with Gasteiger partial charge in [0, 0.05) is 17.0 Å². The molecule has 0 saturated heterocycles. The lowest BCUT2D eigenvalue weighted by atomic mass is 10.2. The number of aromatic nitrogens is 5. The highest BCUT2D eigenvalue weighted by molar-refractivity contribution is 7.99. The SMILES string of the molecule is Cc1cc(C(=O)CSc2nnnn2-c2cccc(F)c2)c(C)n1CC(F)(F)F. The van der Waals surface area contributed by atoms with Crippen LogP contribution in [0.25, 0.3) is 5.69 Å². The van der Waals surface area contributed by atoms with Gasteiger partial charge >= 0.3 is 6.18 Å². The molecule has 0 atom stereocenters. The highest BCUT2D eigenvalue weighted by Crippen LogP contribution is 2.25. The zero-order valence-electron chi connectivity index (χ0n) is 14.9. The zero-order chi connectivity index (χ0) is 20.5. The molecule has 1 aromatic carbocycles. The normalized spacial score (nSPS) is 11.8. The molecule has 6 nitrogen and oxygen atoms in total. The minimum absolute atomic E-state index is 0.0774. The number of aryl methyl sites for hydroxylation is 1. The van der Waals surface area contributed by atoms with Crippen molar-refractivity contribution in [2.75, 3.05) is 5.75 Å². The van der Waals surface area contributed by atoms with Gasteiger partial charge in [0.25, 0.3) is 0 Å². The van der Waals surface area contributed by atoms with Crippen molar-refractivity contribution in [3.63, 3.8) is 0 Å². The predicted octanol–water partition coefficient (Wildman–Crippen LogP) is 3.76. The summed E-state index contributed by atoms with van der Waals surface area (Å²) in [6, 6.07) is 7.07. The quantitative estimate of drug-likeness (QED) is 0.350. The van der Waals surface area contributed by atoms with E-state index in [0.29, 0.717) is 11.4 Å². The highest BCUT2D eigenvalue weighted by atomic mass is 32.2. The first kappa shape index (κ1) is 20.1. The van der Waals surface area contributed by atoms with Crippen LogP contribution in [-0.2, 0) is 6.54 Å². The Morgan fingerprint density at radius 2 is 1.96 bits per heavy atom. The van der Waals surface area contributed by atoms with Crippen LogP contribution in [0.1, 0.15) is 21.7 Å². The molecule has 0 fully saturated rings. The molecular weight excluding hydrogens is 398 g/mol. The molecule has 2 heterocycles. The molecule has 0 unspecified atom stereocenters. The van der Waals surface area contributed by atoms with Gasteiger partial charge in [-0.3, -0.25) is 4.79 Å². The monoisotopic (exact) mass is 413 g/mol. The summed E-state index contributed by atoms with van der Waals surface area (Å²) in [6.07, 6.45) is -4.38. The van der Waals surface area contributed by atoms with E-state index >= 15 is 0 Å². The maximum atomic E-state index is 13.4. The number of carbonyl (C=O) groups is 1. The lowest BCUT2D eigenvalue weighted by Crippen LogP contribution is -2.19. The fraction of sp³-hybridized carbons (Fsp3) is 0.294. The summed E-state index contributed by atoms with van der Waals surface area (Å²) in [5.41, 5.74) is 1.22. The summed E-state index contributed by atoms with van der Waals surface area (Å²) in [4.78, 5) is 12.5. The van der Waals surface area contributed by atoms with Gasteiger partial charge in [0.1, 0.15) is 12.4 Å². The standard InChI is InChI=1S/C17H15F4N5OS/c1-10-6-14(11(2)25(10)9-17(19,20)21)15(27)8-28-16-22-23-24-26(16)13-5-3-4-12(18)7-13/h3-7H,8-9H2,1-2H3. The number of ketones is 1. The van der Waals surface area contributed by atoms with Crippen LogP contribution < -0.4 is 0 Å². The second kappa shape index (κ2) is 7.74. The molecule has 0 radical (unpaired) electrons. The van der Waals surface area contributed by atoms with E-state index in [1.807, 2.05) is 0 Å². The smallest absolute Gasteiger partial charge is 0.339 e. The second-order valence-electron chi connectivity index (χ2n) is 6.05. The summed E-state index contributed by atoms with van der Waals surface area (Å²) in [7, 11) is 0. The minimum Gasteiger partial charge on any atom is -0.339 e. The van der Waals surface area contributed by atoms with Crippen molar-refractivity contribution in [1.82, 2.24) is 24.8 Å². The Morgan fingerprint density at radius 3 is 2.64 bits per heavy atom. The molecule has 0 N–H and O–H groups in total. The number of Topliss-reactive ketones (excluding diaryl/α,β-unsaturated/α-hetero) is 1. The van der Waals surface area contributed by atoms with E-state index in [4.69, 9.17) is 0 Å². The maximum absolute atomic E-state index is 13.4. The molecular formula is C17H15F4N5OS. The van der Waals surface area contributed by atoms with Crippen molar-refractivity contribution in [2.45, 2.75) is 31.7 Å². The van der Waals surface area contributed by atoms with Crippen LogP contribution in [-0.4, -0.2) is 42.5 Å². The molecule has 0 spiro atoms. The molecule has 0 aliphatic heterocycles. The molecule has 28 heavy (non-hydrogen) atoms. The number of thioether (sulfide) groups is 1. The summed E-state index contributed by atoms with van der Waals surface area (Å²) >= 11 is 1.02. The Balaban J connectivity index is 1.76. The fourth-order valence-electron chi connectivity index (χ4n) is 2.75. The summed E-state index contributed by atoms with van der Waals surface area (Å²) in [6.45, 7) is 1.85. The number of alkyl halides is 3. The average molecular weight is 413 g/mol. The number of nitrogens with zero attached hydrogens (tertiary/aromatic N) is 5.